The highest BCUT2D eigenvalue weighted by Crippen LogP contribution is 2.19. The van der Waals surface area contributed by atoms with Gasteiger partial charge in [-0.3, -0.25) is 4.79 Å². The number of nitrogens with zero attached hydrogens (tertiary/aromatic N) is 3. The zero-order chi connectivity index (χ0) is 16.2. The molecule has 0 atom stereocenters. The van der Waals surface area contributed by atoms with Gasteiger partial charge in [0.25, 0.3) is 0 Å². The SMILES string of the molecule is CC(C)NC(=O)CN(C)c1cnc(C(C)C)nc1C(=O)O. The molecule has 0 spiro atoms. The molecule has 0 aliphatic carbocycles. The molecule has 116 valence electrons. The van der Waals surface area contributed by atoms with Crippen molar-refractivity contribution in [3.63, 3.8) is 0 Å². The molecule has 2 N–H and O–H groups in total. The number of rotatable bonds is 6. The quantitative estimate of drug-likeness (QED) is 0.820. The van der Waals surface area contributed by atoms with Crippen molar-refractivity contribution in [1.82, 2.24) is 15.3 Å². The number of nitrogens with one attached hydrogen (secondary N) is 1. The maximum absolute atomic E-state index is 11.8. The Morgan fingerprint density at radius 2 is 1.95 bits per heavy atom. The summed E-state index contributed by atoms with van der Waals surface area (Å²) in [6, 6.07) is 0.0319. The van der Waals surface area contributed by atoms with Crippen LogP contribution in [0.1, 0.15) is 49.9 Å². The lowest BCUT2D eigenvalue weighted by molar-refractivity contribution is -0.120. The highest BCUT2D eigenvalue weighted by atomic mass is 16.4. The number of aromatic nitrogens is 2. The maximum Gasteiger partial charge on any atom is 0.356 e. The zero-order valence-electron chi connectivity index (χ0n) is 13.0. The molecule has 0 aliphatic heterocycles. The molecule has 1 aromatic heterocycles. The van der Waals surface area contributed by atoms with E-state index < -0.39 is 5.97 Å². The number of hydrogen-bond acceptors (Lipinski definition) is 5. The van der Waals surface area contributed by atoms with Crippen molar-refractivity contribution in [3.05, 3.63) is 17.7 Å². The molecule has 0 unspecified atom stereocenters. The van der Waals surface area contributed by atoms with Crippen molar-refractivity contribution in [2.75, 3.05) is 18.5 Å². The lowest BCUT2D eigenvalue weighted by atomic mass is 10.2. The van der Waals surface area contributed by atoms with E-state index in [1.807, 2.05) is 27.7 Å². The third-order valence-corrected chi connectivity index (χ3v) is 2.75. The van der Waals surface area contributed by atoms with E-state index in [0.29, 0.717) is 11.5 Å². The number of carbonyl (C=O) groups is 2. The minimum absolute atomic E-state index is 0.0319. The van der Waals surface area contributed by atoms with Crippen LogP contribution in [-0.2, 0) is 4.79 Å². The van der Waals surface area contributed by atoms with E-state index in [1.165, 1.54) is 11.1 Å². The summed E-state index contributed by atoms with van der Waals surface area (Å²) in [4.78, 5) is 32.9. The van der Waals surface area contributed by atoms with Crippen LogP contribution >= 0.6 is 0 Å². The molecule has 1 heterocycles. The monoisotopic (exact) mass is 294 g/mol. The number of amides is 1. The smallest absolute Gasteiger partial charge is 0.356 e. The van der Waals surface area contributed by atoms with Gasteiger partial charge in [0.05, 0.1) is 18.4 Å². The summed E-state index contributed by atoms with van der Waals surface area (Å²) in [5.74, 6) is -0.815. The Hall–Kier alpha value is -2.18. The summed E-state index contributed by atoms with van der Waals surface area (Å²) in [6.07, 6.45) is 1.45. The minimum atomic E-state index is -1.13. The second kappa shape index (κ2) is 7.01. The summed E-state index contributed by atoms with van der Waals surface area (Å²) in [5, 5.41) is 12.0. The van der Waals surface area contributed by atoms with Crippen molar-refractivity contribution in [1.29, 1.82) is 0 Å². The standard InChI is InChI=1S/C14H22N4O3/c1-8(2)13-15-6-10(12(17-13)14(20)21)18(5)7-11(19)16-9(3)4/h6,8-9H,7H2,1-5H3,(H,16,19)(H,20,21). The first-order valence-corrected chi connectivity index (χ1v) is 6.83. The lowest BCUT2D eigenvalue weighted by Crippen LogP contribution is -2.39. The van der Waals surface area contributed by atoms with Crippen molar-refractivity contribution in [2.24, 2.45) is 0 Å². The number of hydrogen-bond donors (Lipinski definition) is 2. The van der Waals surface area contributed by atoms with Gasteiger partial charge in [-0.2, -0.15) is 0 Å². The fourth-order valence-electron chi connectivity index (χ4n) is 1.77. The van der Waals surface area contributed by atoms with Crippen molar-refractivity contribution >= 4 is 17.6 Å². The second-order valence-electron chi connectivity index (χ2n) is 5.50. The number of anilines is 1. The molecule has 7 heteroatoms. The van der Waals surface area contributed by atoms with E-state index in [1.54, 1.807) is 7.05 Å². The van der Waals surface area contributed by atoms with Crippen LogP contribution in [0.4, 0.5) is 5.69 Å². The Morgan fingerprint density at radius 3 is 2.43 bits per heavy atom. The van der Waals surface area contributed by atoms with Crippen LogP contribution in [0.3, 0.4) is 0 Å². The highest BCUT2D eigenvalue weighted by molar-refractivity contribution is 5.93. The average molecular weight is 294 g/mol. The molecule has 0 saturated heterocycles. The molecule has 7 nitrogen and oxygen atoms in total. The van der Waals surface area contributed by atoms with Crippen molar-refractivity contribution in [2.45, 2.75) is 39.7 Å². The zero-order valence-corrected chi connectivity index (χ0v) is 13.0. The summed E-state index contributed by atoms with van der Waals surface area (Å²) in [5.41, 5.74) is 0.236. The van der Waals surface area contributed by atoms with Gasteiger partial charge >= 0.3 is 5.97 Å². The predicted molar refractivity (Wildman–Crippen MR) is 79.6 cm³/mol. The second-order valence-corrected chi connectivity index (χ2v) is 5.50. The van der Waals surface area contributed by atoms with Gasteiger partial charge in [-0.15, -0.1) is 0 Å². The van der Waals surface area contributed by atoms with Crippen LogP contribution < -0.4 is 10.2 Å². The Morgan fingerprint density at radius 1 is 1.33 bits per heavy atom. The topological polar surface area (TPSA) is 95.4 Å². The Labute approximate surface area is 124 Å². The third kappa shape index (κ3) is 4.70. The molecule has 0 radical (unpaired) electrons. The van der Waals surface area contributed by atoms with Gasteiger partial charge in [-0.1, -0.05) is 13.8 Å². The Kier molecular flexibility index (Phi) is 5.63. The molecule has 1 amide bonds. The molecule has 1 aromatic rings. The van der Waals surface area contributed by atoms with Crippen LogP contribution in [0.25, 0.3) is 0 Å². The molecule has 0 fully saturated rings. The molecule has 0 aliphatic rings. The van der Waals surface area contributed by atoms with Crippen LogP contribution in [0.5, 0.6) is 0 Å². The van der Waals surface area contributed by atoms with Crippen molar-refractivity contribution in [3.8, 4) is 0 Å². The van der Waals surface area contributed by atoms with Gasteiger partial charge in [-0.05, 0) is 13.8 Å². The van der Waals surface area contributed by atoms with Crippen LogP contribution in [0.2, 0.25) is 0 Å². The largest absolute Gasteiger partial charge is 0.476 e. The van der Waals surface area contributed by atoms with E-state index in [4.69, 9.17) is 0 Å². The van der Waals surface area contributed by atoms with Gasteiger partial charge in [0.15, 0.2) is 5.69 Å². The molecule has 0 saturated carbocycles. The molecule has 1 rings (SSSR count). The summed E-state index contributed by atoms with van der Waals surface area (Å²) < 4.78 is 0. The van der Waals surface area contributed by atoms with Gasteiger partial charge < -0.3 is 15.3 Å². The van der Waals surface area contributed by atoms with E-state index in [-0.39, 0.29) is 30.1 Å². The van der Waals surface area contributed by atoms with Gasteiger partial charge in [0.2, 0.25) is 5.91 Å². The van der Waals surface area contributed by atoms with Gasteiger partial charge in [0.1, 0.15) is 5.82 Å². The molecule has 0 bridgehead atoms. The average Bonchev–Trinajstić information content (AvgIpc) is 2.36. The predicted octanol–water partition coefficient (Wildman–Crippen LogP) is 1.26. The third-order valence-electron chi connectivity index (χ3n) is 2.75. The van der Waals surface area contributed by atoms with E-state index >= 15 is 0 Å². The highest BCUT2D eigenvalue weighted by Gasteiger charge is 2.19. The van der Waals surface area contributed by atoms with Gasteiger partial charge in [0, 0.05) is 19.0 Å². The number of aromatic carboxylic acids is 1. The first kappa shape index (κ1) is 16.9. The molecule has 21 heavy (non-hydrogen) atoms. The normalized spacial score (nSPS) is 10.8. The fraction of sp³-hybridized carbons (Fsp3) is 0.571. The Bertz CT molecular complexity index is 529. The fourth-order valence-corrected chi connectivity index (χ4v) is 1.77. The number of carboxylic acid groups (broad SMARTS) is 1. The summed E-state index contributed by atoms with van der Waals surface area (Å²) in [6.45, 7) is 7.55. The first-order chi connectivity index (χ1) is 9.72. The van der Waals surface area contributed by atoms with Crippen LogP contribution in [0, 0.1) is 0 Å². The molecular weight excluding hydrogens is 272 g/mol. The van der Waals surface area contributed by atoms with Crippen molar-refractivity contribution < 1.29 is 14.7 Å². The summed E-state index contributed by atoms with van der Waals surface area (Å²) >= 11 is 0. The number of carbonyl (C=O) groups excluding carboxylic acids is 1. The van der Waals surface area contributed by atoms with E-state index in [0.717, 1.165) is 0 Å². The maximum atomic E-state index is 11.8. The number of likely N-dealkylation sites (N-methyl/N-ethyl adjacent to an activating group) is 1. The number of carboxylic acids is 1. The lowest BCUT2D eigenvalue weighted by Gasteiger charge is -2.21. The van der Waals surface area contributed by atoms with Gasteiger partial charge in [-0.25, -0.2) is 14.8 Å². The van der Waals surface area contributed by atoms with Crippen LogP contribution in [0.15, 0.2) is 6.20 Å². The summed E-state index contributed by atoms with van der Waals surface area (Å²) in [7, 11) is 1.64. The Balaban J connectivity index is 3.00. The minimum Gasteiger partial charge on any atom is -0.476 e. The van der Waals surface area contributed by atoms with E-state index in [9.17, 15) is 14.7 Å². The first-order valence-electron chi connectivity index (χ1n) is 6.83. The molecular formula is C14H22N4O3. The van der Waals surface area contributed by atoms with Crippen LogP contribution in [-0.4, -0.2) is 46.6 Å². The molecule has 0 aromatic carbocycles. The van der Waals surface area contributed by atoms with E-state index in [2.05, 4.69) is 15.3 Å².